The molecule has 0 saturated carbocycles. The van der Waals surface area contributed by atoms with Crippen LogP contribution in [0.3, 0.4) is 0 Å². The monoisotopic (exact) mass is 462 g/mol. The molecule has 4 aromatic rings. The molecule has 0 saturated heterocycles. The highest BCUT2D eigenvalue weighted by atomic mass is 35.5. The van der Waals surface area contributed by atoms with E-state index in [4.69, 9.17) is 21.3 Å². The summed E-state index contributed by atoms with van der Waals surface area (Å²) in [5.41, 5.74) is 4.92. The lowest BCUT2D eigenvalue weighted by molar-refractivity contribution is -0.116. The lowest BCUT2D eigenvalue weighted by Gasteiger charge is -2.08. The second-order valence-corrected chi connectivity index (χ2v) is 8.73. The van der Waals surface area contributed by atoms with Crippen molar-refractivity contribution in [2.45, 2.75) is 19.8 Å². The zero-order valence-electron chi connectivity index (χ0n) is 17.7. The lowest BCUT2D eigenvalue weighted by atomic mass is 10.1. The molecule has 162 valence electrons. The Balaban J connectivity index is 1.26. The Kier molecular flexibility index (Phi) is 7.20. The Morgan fingerprint density at radius 1 is 0.969 bits per heavy atom. The van der Waals surface area contributed by atoms with E-state index in [1.54, 1.807) is 11.3 Å². The number of carbonyl (C=O) groups is 1. The normalized spacial score (nSPS) is 10.7. The number of hydrogen-bond donors (Lipinski definition) is 1. The highest BCUT2D eigenvalue weighted by molar-refractivity contribution is 7.13. The van der Waals surface area contributed by atoms with Crippen molar-refractivity contribution in [1.82, 2.24) is 4.98 Å². The summed E-state index contributed by atoms with van der Waals surface area (Å²) >= 11 is 7.56. The van der Waals surface area contributed by atoms with Gasteiger partial charge in [-0.15, -0.1) is 11.3 Å². The molecule has 0 spiro atoms. The number of aryl methyl sites for hydroxylation is 1. The van der Waals surface area contributed by atoms with E-state index in [2.05, 4.69) is 5.32 Å². The number of aromatic nitrogens is 1. The number of halogens is 1. The molecule has 3 aromatic carbocycles. The van der Waals surface area contributed by atoms with E-state index in [1.165, 1.54) is 5.56 Å². The van der Waals surface area contributed by atoms with E-state index >= 15 is 0 Å². The number of carbonyl (C=O) groups excluding carboxylic acids is 1. The summed E-state index contributed by atoms with van der Waals surface area (Å²) in [5, 5.41) is 6.63. The van der Waals surface area contributed by atoms with Gasteiger partial charge in [0.05, 0.1) is 12.3 Å². The van der Waals surface area contributed by atoms with Crippen molar-refractivity contribution in [2.24, 2.45) is 0 Å². The van der Waals surface area contributed by atoms with Crippen molar-refractivity contribution in [1.29, 1.82) is 0 Å². The molecular formula is C26H23ClN2O2S. The number of hydrogen-bond acceptors (Lipinski definition) is 4. The Morgan fingerprint density at radius 3 is 2.38 bits per heavy atom. The maximum atomic E-state index is 12.2. The fourth-order valence-corrected chi connectivity index (χ4v) is 4.10. The first kappa shape index (κ1) is 22.1. The van der Waals surface area contributed by atoms with Crippen LogP contribution in [0.2, 0.25) is 5.02 Å². The third-order valence-corrected chi connectivity index (χ3v) is 6.04. The van der Waals surface area contributed by atoms with Crippen LogP contribution in [0.15, 0.2) is 78.2 Å². The summed E-state index contributed by atoms with van der Waals surface area (Å²) in [6.45, 7) is 2.55. The summed E-state index contributed by atoms with van der Waals surface area (Å²) in [4.78, 5) is 16.9. The molecular weight excluding hydrogens is 440 g/mol. The average molecular weight is 463 g/mol. The molecule has 0 fully saturated rings. The van der Waals surface area contributed by atoms with Gasteiger partial charge < -0.3 is 10.1 Å². The standard InChI is InChI=1S/C26H23ClN2O2S/c1-18-4-14-23(15-5-18)31-16-2-3-25(30)28-22-12-8-19(9-13-22)24-17-32-26(29-24)20-6-10-21(27)11-7-20/h4-15,17H,2-3,16H2,1H3,(H,28,30). The number of anilines is 1. The number of amides is 1. The van der Waals surface area contributed by atoms with Gasteiger partial charge in [-0.1, -0.05) is 53.6 Å². The molecule has 6 heteroatoms. The van der Waals surface area contributed by atoms with Crippen LogP contribution in [0, 0.1) is 6.92 Å². The van der Waals surface area contributed by atoms with Gasteiger partial charge in [0.15, 0.2) is 0 Å². The Bertz CT molecular complexity index is 1170. The van der Waals surface area contributed by atoms with Gasteiger partial charge in [-0.05, 0) is 49.7 Å². The number of nitrogens with zero attached hydrogens (tertiary/aromatic N) is 1. The fourth-order valence-electron chi connectivity index (χ4n) is 3.14. The summed E-state index contributed by atoms with van der Waals surface area (Å²) in [6, 6.07) is 23.3. The van der Waals surface area contributed by atoms with Gasteiger partial charge in [-0.3, -0.25) is 4.79 Å². The van der Waals surface area contributed by atoms with Crippen LogP contribution in [-0.2, 0) is 4.79 Å². The molecule has 1 aromatic heterocycles. The maximum absolute atomic E-state index is 12.2. The number of ether oxygens (including phenoxy) is 1. The molecule has 32 heavy (non-hydrogen) atoms. The van der Waals surface area contributed by atoms with Gasteiger partial charge in [0.25, 0.3) is 0 Å². The molecule has 0 radical (unpaired) electrons. The van der Waals surface area contributed by atoms with E-state index in [1.807, 2.05) is 85.1 Å². The number of nitrogens with one attached hydrogen (secondary N) is 1. The quantitative estimate of drug-likeness (QED) is 0.281. The highest BCUT2D eigenvalue weighted by Gasteiger charge is 2.08. The molecule has 0 aliphatic rings. The zero-order chi connectivity index (χ0) is 22.3. The minimum absolute atomic E-state index is 0.0241. The molecule has 1 N–H and O–H groups in total. The summed E-state index contributed by atoms with van der Waals surface area (Å²) in [6.07, 6.45) is 1.06. The molecule has 0 aliphatic heterocycles. The summed E-state index contributed by atoms with van der Waals surface area (Å²) < 4.78 is 5.67. The van der Waals surface area contributed by atoms with E-state index in [-0.39, 0.29) is 5.91 Å². The van der Waals surface area contributed by atoms with Crippen molar-refractivity contribution in [3.63, 3.8) is 0 Å². The van der Waals surface area contributed by atoms with Gasteiger partial charge >= 0.3 is 0 Å². The van der Waals surface area contributed by atoms with Crippen molar-refractivity contribution in [2.75, 3.05) is 11.9 Å². The van der Waals surface area contributed by atoms with Crippen molar-refractivity contribution < 1.29 is 9.53 Å². The largest absolute Gasteiger partial charge is 0.494 e. The Hall–Kier alpha value is -3.15. The molecule has 1 amide bonds. The topological polar surface area (TPSA) is 51.2 Å². The highest BCUT2D eigenvalue weighted by Crippen LogP contribution is 2.30. The number of rotatable bonds is 8. The molecule has 0 aliphatic carbocycles. The van der Waals surface area contributed by atoms with Crippen molar-refractivity contribution in [3.8, 4) is 27.6 Å². The molecule has 4 rings (SSSR count). The predicted molar refractivity (Wildman–Crippen MR) is 133 cm³/mol. The minimum Gasteiger partial charge on any atom is -0.494 e. The van der Waals surface area contributed by atoms with Gasteiger partial charge in [0.1, 0.15) is 10.8 Å². The smallest absolute Gasteiger partial charge is 0.224 e. The van der Waals surface area contributed by atoms with Crippen LogP contribution in [-0.4, -0.2) is 17.5 Å². The van der Waals surface area contributed by atoms with Crippen LogP contribution in [0.4, 0.5) is 5.69 Å². The number of thiazole rings is 1. The van der Waals surface area contributed by atoms with E-state index in [0.717, 1.165) is 33.3 Å². The molecule has 0 unspecified atom stereocenters. The minimum atomic E-state index is -0.0241. The molecule has 0 atom stereocenters. The number of benzene rings is 3. The SMILES string of the molecule is Cc1ccc(OCCCC(=O)Nc2ccc(-c3csc(-c4ccc(Cl)cc4)n3)cc2)cc1. The lowest BCUT2D eigenvalue weighted by Crippen LogP contribution is -2.12. The van der Waals surface area contributed by atoms with Gasteiger partial charge in [0.2, 0.25) is 5.91 Å². The maximum Gasteiger partial charge on any atom is 0.224 e. The molecule has 4 nitrogen and oxygen atoms in total. The third kappa shape index (κ3) is 5.96. The second-order valence-electron chi connectivity index (χ2n) is 7.44. The van der Waals surface area contributed by atoms with Crippen LogP contribution < -0.4 is 10.1 Å². The van der Waals surface area contributed by atoms with Gasteiger partial charge in [-0.2, -0.15) is 0 Å². The predicted octanol–water partition coefficient (Wildman–Crippen LogP) is 7.24. The van der Waals surface area contributed by atoms with Gasteiger partial charge in [-0.25, -0.2) is 4.98 Å². The van der Waals surface area contributed by atoms with E-state index in [9.17, 15) is 4.79 Å². The van der Waals surface area contributed by atoms with Crippen molar-refractivity contribution >= 4 is 34.5 Å². The Labute approximate surface area is 196 Å². The molecule has 1 heterocycles. The zero-order valence-corrected chi connectivity index (χ0v) is 19.2. The van der Waals surface area contributed by atoms with Gasteiger partial charge in [0, 0.05) is 33.6 Å². The summed E-state index contributed by atoms with van der Waals surface area (Å²) in [5.74, 6) is 0.803. The third-order valence-electron chi connectivity index (χ3n) is 4.90. The Morgan fingerprint density at radius 2 is 1.66 bits per heavy atom. The first-order valence-corrected chi connectivity index (χ1v) is 11.6. The first-order chi connectivity index (χ1) is 15.6. The fraction of sp³-hybridized carbons (Fsp3) is 0.154. The second kappa shape index (κ2) is 10.4. The van der Waals surface area contributed by atoms with Crippen LogP contribution >= 0.6 is 22.9 Å². The first-order valence-electron chi connectivity index (χ1n) is 10.4. The van der Waals surface area contributed by atoms with E-state index < -0.39 is 0 Å². The summed E-state index contributed by atoms with van der Waals surface area (Å²) in [7, 11) is 0. The van der Waals surface area contributed by atoms with Crippen LogP contribution in [0.5, 0.6) is 5.75 Å². The van der Waals surface area contributed by atoms with E-state index in [0.29, 0.717) is 24.5 Å². The average Bonchev–Trinajstić information content (AvgIpc) is 3.29. The van der Waals surface area contributed by atoms with Crippen LogP contribution in [0.1, 0.15) is 18.4 Å². The van der Waals surface area contributed by atoms with Crippen LogP contribution in [0.25, 0.3) is 21.8 Å². The molecule has 0 bridgehead atoms. The van der Waals surface area contributed by atoms with Crippen molar-refractivity contribution in [3.05, 3.63) is 88.8 Å².